The lowest BCUT2D eigenvalue weighted by Gasteiger charge is -2.28. The molecule has 3 rings (SSSR count). The largest absolute Gasteiger partial charge is 0.334 e. The minimum absolute atomic E-state index is 0.0209. The average Bonchev–Trinajstić information content (AvgIpc) is 3.01. The van der Waals surface area contributed by atoms with Crippen molar-refractivity contribution in [1.82, 2.24) is 4.90 Å². The number of anilines is 1. The Morgan fingerprint density at radius 3 is 2.29 bits per heavy atom. The van der Waals surface area contributed by atoms with Crippen molar-refractivity contribution in [3.8, 4) is 0 Å². The summed E-state index contributed by atoms with van der Waals surface area (Å²) in [6.45, 7) is 1.83. The highest BCUT2D eigenvalue weighted by Crippen LogP contribution is 2.22. The zero-order valence-electron chi connectivity index (χ0n) is 15.8. The summed E-state index contributed by atoms with van der Waals surface area (Å²) < 4.78 is 23.9. The van der Waals surface area contributed by atoms with Gasteiger partial charge >= 0.3 is 0 Å². The van der Waals surface area contributed by atoms with Crippen molar-refractivity contribution in [2.75, 3.05) is 16.8 Å². The van der Waals surface area contributed by atoms with E-state index in [-0.39, 0.29) is 35.8 Å². The summed E-state index contributed by atoms with van der Waals surface area (Å²) in [6.07, 6.45) is 0.659. The summed E-state index contributed by atoms with van der Waals surface area (Å²) in [4.78, 5) is 25.9. The number of amides is 2. The van der Waals surface area contributed by atoms with Crippen LogP contribution in [0.25, 0.3) is 0 Å². The van der Waals surface area contributed by atoms with Gasteiger partial charge in [0.05, 0.1) is 17.9 Å². The summed E-state index contributed by atoms with van der Waals surface area (Å²) in [5.74, 6) is -0.104. The first-order valence-electron chi connectivity index (χ1n) is 9.23. The lowest BCUT2D eigenvalue weighted by atomic mass is 10.1. The molecule has 1 heterocycles. The van der Waals surface area contributed by atoms with Crippen LogP contribution in [0, 0.1) is 0 Å². The third-order valence-electron chi connectivity index (χ3n) is 4.79. The highest BCUT2D eigenvalue weighted by atomic mass is 32.2. The summed E-state index contributed by atoms with van der Waals surface area (Å²) in [6, 6.07) is 16.4. The number of nitrogens with zero attached hydrogens (tertiary/aromatic N) is 1. The maximum atomic E-state index is 13.0. The number of hydrogen-bond donors (Lipinski definition) is 1. The van der Waals surface area contributed by atoms with E-state index in [1.807, 2.05) is 30.3 Å². The van der Waals surface area contributed by atoms with Crippen LogP contribution in [0.15, 0.2) is 54.6 Å². The Morgan fingerprint density at radius 1 is 1.04 bits per heavy atom. The zero-order valence-corrected chi connectivity index (χ0v) is 16.6. The first-order chi connectivity index (χ1) is 13.3. The van der Waals surface area contributed by atoms with Crippen LogP contribution in [0.4, 0.5) is 5.69 Å². The maximum Gasteiger partial charge on any atom is 0.227 e. The molecular formula is C21H24N2O4S. The van der Waals surface area contributed by atoms with Crippen LogP contribution >= 0.6 is 0 Å². The first kappa shape index (κ1) is 20.1. The molecule has 7 heteroatoms. The summed E-state index contributed by atoms with van der Waals surface area (Å²) >= 11 is 0. The highest BCUT2D eigenvalue weighted by molar-refractivity contribution is 7.91. The van der Waals surface area contributed by atoms with Gasteiger partial charge in [0.2, 0.25) is 11.8 Å². The summed E-state index contributed by atoms with van der Waals surface area (Å²) in [5.41, 5.74) is 2.46. The standard InChI is InChI=1S/C21H24N2O4S/c1-16(24)22-19-9-7-17(8-10-19)13-21(25)23(14-18-5-3-2-4-6-18)20-11-12-28(26,27)15-20/h2-10,20H,11-15H2,1H3,(H,22,24)/t20-/m0/s1. The Bertz CT molecular complexity index is 940. The fraction of sp³-hybridized carbons (Fsp3) is 0.333. The highest BCUT2D eigenvalue weighted by Gasteiger charge is 2.34. The molecule has 6 nitrogen and oxygen atoms in total. The Kier molecular flexibility index (Phi) is 6.14. The van der Waals surface area contributed by atoms with Gasteiger partial charge in [0, 0.05) is 25.2 Å². The number of hydrogen-bond acceptors (Lipinski definition) is 4. The number of benzene rings is 2. The van der Waals surface area contributed by atoms with Crippen LogP contribution in [0.5, 0.6) is 0 Å². The molecule has 1 atom stereocenters. The van der Waals surface area contributed by atoms with Crippen molar-refractivity contribution in [3.63, 3.8) is 0 Å². The average molecular weight is 401 g/mol. The van der Waals surface area contributed by atoms with Crippen LogP contribution in [0.3, 0.4) is 0 Å². The number of rotatable bonds is 6. The van der Waals surface area contributed by atoms with Gasteiger partial charge in [-0.3, -0.25) is 9.59 Å². The summed E-state index contributed by atoms with van der Waals surface area (Å²) in [7, 11) is -3.09. The Labute approximate surface area is 165 Å². The minimum Gasteiger partial charge on any atom is -0.334 e. The van der Waals surface area contributed by atoms with Crippen molar-refractivity contribution >= 4 is 27.3 Å². The molecule has 1 saturated heterocycles. The fourth-order valence-electron chi connectivity index (χ4n) is 3.41. The predicted octanol–water partition coefficient (Wildman–Crippen LogP) is 2.40. The third kappa shape index (κ3) is 5.42. The van der Waals surface area contributed by atoms with E-state index >= 15 is 0 Å². The molecule has 1 N–H and O–H groups in total. The van der Waals surface area contributed by atoms with Gasteiger partial charge in [-0.15, -0.1) is 0 Å². The lowest BCUT2D eigenvalue weighted by Crippen LogP contribution is -2.41. The molecule has 0 radical (unpaired) electrons. The van der Waals surface area contributed by atoms with Crippen LogP contribution in [-0.2, 0) is 32.4 Å². The van der Waals surface area contributed by atoms with E-state index in [1.54, 1.807) is 29.2 Å². The molecule has 2 aromatic carbocycles. The number of carbonyl (C=O) groups excluding carboxylic acids is 2. The van der Waals surface area contributed by atoms with E-state index in [0.29, 0.717) is 18.7 Å². The molecule has 28 heavy (non-hydrogen) atoms. The Balaban J connectivity index is 1.75. The van der Waals surface area contributed by atoms with Gasteiger partial charge in [-0.2, -0.15) is 0 Å². The van der Waals surface area contributed by atoms with Crippen molar-refractivity contribution in [3.05, 3.63) is 65.7 Å². The molecule has 0 bridgehead atoms. The fourth-order valence-corrected chi connectivity index (χ4v) is 5.14. The molecule has 0 aliphatic carbocycles. The van der Waals surface area contributed by atoms with Gasteiger partial charge in [0.25, 0.3) is 0 Å². The number of carbonyl (C=O) groups is 2. The Hall–Kier alpha value is -2.67. The van der Waals surface area contributed by atoms with E-state index in [1.165, 1.54) is 6.92 Å². The van der Waals surface area contributed by atoms with Crippen LogP contribution in [-0.4, -0.2) is 42.7 Å². The first-order valence-corrected chi connectivity index (χ1v) is 11.0. The molecule has 1 fully saturated rings. The minimum atomic E-state index is -3.09. The van der Waals surface area contributed by atoms with Crippen LogP contribution < -0.4 is 5.32 Å². The van der Waals surface area contributed by atoms with Crippen molar-refractivity contribution < 1.29 is 18.0 Å². The monoisotopic (exact) mass is 400 g/mol. The molecule has 0 spiro atoms. The van der Waals surface area contributed by atoms with Crippen molar-refractivity contribution in [2.45, 2.75) is 32.4 Å². The molecule has 2 aromatic rings. The second kappa shape index (κ2) is 8.56. The topological polar surface area (TPSA) is 83.6 Å². The second-order valence-electron chi connectivity index (χ2n) is 7.12. The molecular weight excluding hydrogens is 376 g/mol. The molecule has 1 aliphatic rings. The molecule has 2 amide bonds. The smallest absolute Gasteiger partial charge is 0.227 e. The van der Waals surface area contributed by atoms with Gasteiger partial charge in [-0.25, -0.2) is 8.42 Å². The number of nitrogens with one attached hydrogen (secondary N) is 1. The third-order valence-corrected chi connectivity index (χ3v) is 6.55. The van der Waals surface area contributed by atoms with Crippen LogP contribution in [0.1, 0.15) is 24.5 Å². The van der Waals surface area contributed by atoms with Gasteiger partial charge in [0.1, 0.15) is 0 Å². The van der Waals surface area contributed by atoms with Crippen LogP contribution in [0.2, 0.25) is 0 Å². The molecule has 0 aromatic heterocycles. The quantitative estimate of drug-likeness (QED) is 0.807. The molecule has 0 unspecified atom stereocenters. The van der Waals surface area contributed by atoms with E-state index < -0.39 is 9.84 Å². The second-order valence-corrected chi connectivity index (χ2v) is 9.35. The van der Waals surface area contributed by atoms with E-state index in [0.717, 1.165) is 11.1 Å². The van der Waals surface area contributed by atoms with Gasteiger partial charge in [0.15, 0.2) is 9.84 Å². The van der Waals surface area contributed by atoms with E-state index in [2.05, 4.69) is 5.32 Å². The van der Waals surface area contributed by atoms with Gasteiger partial charge < -0.3 is 10.2 Å². The zero-order chi connectivity index (χ0) is 20.1. The Morgan fingerprint density at radius 2 is 1.71 bits per heavy atom. The van der Waals surface area contributed by atoms with Crippen molar-refractivity contribution in [2.24, 2.45) is 0 Å². The van der Waals surface area contributed by atoms with E-state index in [4.69, 9.17) is 0 Å². The molecule has 1 aliphatic heterocycles. The summed E-state index contributed by atoms with van der Waals surface area (Å²) in [5, 5.41) is 2.69. The molecule has 148 valence electrons. The van der Waals surface area contributed by atoms with Crippen molar-refractivity contribution in [1.29, 1.82) is 0 Å². The number of sulfone groups is 1. The molecule has 0 saturated carbocycles. The van der Waals surface area contributed by atoms with Gasteiger partial charge in [-0.1, -0.05) is 42.5 Å². The maximum absolute atomic E-state index is 13.0. The lowest BCUT2D eigenvalue weighted by molar-refractivity contribution is -0.133. The predicted molar refractivity (Wildman–Crippen MR) is 109 cm³/mol. The SMILES string of the molecule is CC(=O)Nc1ccc(CC(=O)N(Cc2ccccc2)[C@H]2CCS(=O)(=O)C2)cc1. The van der Waals surface area contributed by atoms with E-state index in [9.17, 15) is 18.0 Å². The van der Waals surface area contributed by atoms with Gasteiger partial charge in [-0.05, 0) is 29.7 Å². The normalized spacial score (nSPS) is 17.8.